The van der Waals surface area contributed by atoms with Crippen LogP contribution >= 0.6 is 0 Å². The molecule has 4 rings (SSSR count). The van der Waals surface area contributed by atoms with Gasteiger partial charge >= 0.3 is 5.69 Å². The lowest BCUT2D eigenvalue weighted by molar-refractivity contribution is -0.385. The smallest absolute Gasteiger partial charge is 0.311 e. The van der Waals surface area contributed by atoms with E-state index in [9.17, 15) is 24.5 Å². The number of rotatable bonds is 7. The van der Waals surface area contributed by atoms with Crippen molar-refractivity contribution >= 4 is 23.4 Å². The van der Waals surface area contributed by atoms with Gasteiger partial charge in [-0.15, -0.1) is 0 Å². The lowest BCUT2D eigenvalue weighted by Gasteiger charge is -2.24. The fourth-order valence-corrected chi connectivity index (χ4v) is 3.97. The van der Waals surface area contributed by atoms with Crippen LogP contribution in [0.2, 0.25) is 0 Å². The number of carbonyl (C=O) groups excluding carboxylic acids is 3. The predicted octanol–water partition coefficient (Wildman–Crippen LogP) is 2.43. The minimum atomic E-state index is -0.967. The molecule has 38 heavy (non-hydrogen) atoms. The Kier molecular flexibility index (Phi) is 8.34. The number of benzene rings is 2. The van der Waals surface area contributed by atoms with Gasteiger partial charge in [0, 0.05) is 37.8 Å². The van der Waals surface area contributed by atoms with Gasteiger partial charge in [-0.1, -0.05) is 12.1 Å². The number of nitrogens with zero attached hydrogens (tertiary/aromatic N) is 2. The quantitative estimate of drug-likeness (QED) is 0.273. The SMILES string of the molecule is COCCNC(=O)C1Cc2cccc(c2)Oc2cc(ccc2[N+](=O)[O-])C(=O)N(Cc2ccco2)CC(=O)N1. The van der Waals surface area contributed by atoms with Crippen molar-refractivity contribution < 1.29 is 33.2 Å². The number of nitro groups is 1. The first kappa shape index (κ1) is 26.4. The van der Waals surface area contributed by atoms with Crippen LogP contribution in [0.4, 0.5) is 5.69 Å². The topological polar surface area (TPSA) is 153 Å². The number of amides is 3. The Balaban J connectivity index is 1.74. The molecule has 2 heterocycles. The first-order valence-corrected chi connectivity index (χ1v) is 11.8. The highest BCUT2D eigenvalue weighted by Gasteiger charge is 2.27. The molecule has 0 spiro atoms. The van der Waals surface area contributed by atoms with E-state index in [0.29, 0.717) is 11.3 Å². The highest BCUT2D eigenvalue weighted by Crippen LogP contribution is 2.33. The van der Waals surface area contributed by atoms with Crippen molar-refractivity contribution in [1.82, 2.24) is 15.5 Å². The molecule has 0 fully saturated rings. The number of nitrogens with one attached hydrogen (secondary N) is 2. The van der Waals surface area contributed by atoms with Gasteiger partial charge in [0.05, 0.1) is 24.3 Å². The van der Waals surface area contributed by atoms with Gasteiger partial charge in [0.1, 0.15) is 24.1 Å². The molecule has 0 aliphatic carbocycles. The molecular formula is C26H26N4O8. The van der Waals surface area contributed by atoms with Crippen LogP contribution in [0.15, 0.2) is 65.3 Å². The van der Waals surface area contributed by atoms with E-state index in [1.165, 1.54) is 36.5 Å². The lowest BCUT2D eigenvalue weighted by atomic mass is 10.0. The van der Waals surface area contributed by atoms with E-state index in [1.807, 2.05) is 0 Å². The highest BCUT2D eigenvalue weighted by atomic mass is 16.6. The van der Waals surface area contributed by atoms with E-state index in [0.717, 1.165) is 0 Å². The molecule has 1 unspecified atom stereocenters. The average Bonchev–Trinajstić information content (AvgIpc) is 3.40. The number of fused-ring (bicyclic) bond motifs is 4. The van der Waals surface area contributed by atoms with Crippen LogP contribution < -0.4 is 15.4 Å². The Morgan fingerprint density at radius 3 is 2.79 bits per heavy atom. The summed E-state index contributed by atoms with van der Waals surface area (Å²) in [5, 5.41) is 17.1. The van der Waals surface area contributed by atoms with Gasteiger partial charge in [-0.3, -0.25) is 24.5 Å². The van der Waals surface area contributed by atoms with Crippen molar-refractivity contribution in [3.8, 4) is 11.5 Å². The molecule has 12 heteroatoms. The van der Waals surface area contributed by atoms with Crippen LogP contribution in [0, 0.1) is 10.1 Å². The molecule has 0 saturated heterocycles. The largest absolute Gasteiger partial charge is 0.467 e. The van der Waals surface area contributed by atoms with Crippen molar-refractivity contribution in [2.45, 2.75) is 19.0 Å². The van der Waals surface area contributed by atoms with Crippen LogP contribution in [-0.4, -0.2) is 60.4 Å². The fraction of sp³-hybridized carbons (Fsp3) is 0.269. The predicted molar refractivity (Wildman–Crippen MR) is 134 cm³/mol. The van der Waals surface area contributed by atoms with Crippen molar-refractivity contribution in [2.75, 3.05) is 26.8 Å². The molecule has 198 valence electrons. The highest BCUT2D eigenvalue weighted by molar-refractivity contribution is 5.98. The molecule has 0 saturated carbocycles. The zero-order chi connectivity index (χ0) is 27.1. The summed E-state index contributed by atoms with van der Waals surface area (Å²) in [6.45, 7) is 0.0920. The Morgan fingerprint density at radius 1 is 1.21 bits per heavy atom. The number of carbonyl (C=O) groups is 3. The molecule has 1 aromatic heterocycles. The molecule has 1 aliphatic heterocycles. The first-order chi connectivity index (χ1) is 18.3. The number of hydrogen-bond acceptors (Lipinski definition) is 8. The maximum absolute atomic E-state index is 13.5. The number of nitro benzene ring substituents is 1. The van der Waals surface area contributed by atoms with E-state index < -0.39 is 35.2 Å². The second kappa shape index (κ2) is 12.0. The van der Waals surface area contributed by atoms with E-state index in [4.69, 9.17) is 13.9 Å². The average molecular weight is 523 g/mol. The van der Waals surface area contributed by atoms with Crippen molar-refractivity contribution in [3.63, 3.8) is 0 Å². The summed E-state index contributed by atoms with van der Waals surface area (Å²) in [5.41, 5.74) is 0.394. The molecule has 1 aliphatic rings. The van der Waals surface area contributed by atoms with E-state index in [-0.39, 0.29) is 48.9 Å². The van der Waals surface area contributed by atoms with Crippen molar-refractivity contribution in [2.24, 2.45) is 0 Å². The summed E-state index contributed by atoms with van der Waals surface area (Å²) in [4.78, 5) is 51.8. The van der Waals surface area contributed by atoms with Crippen LogP contribution in [0.25, 0.3) is 0 Å². The molecule has 12 nitrogen and oxygen atoms in total. The number of furan rings is 1. The lowest BCUT2D eigenvalue weighted by Crippen LogP contribution is -2.51. The van der Waals surface area contributed by atoms with Crippen LogP contribution in [0.5, 0.6) is 11.5 Å². The van der Waals surface area contributed by atoms with Crippen molar-refractivity contribution in [3.05, 3.63) is 87.9 Å². The molecular weight excluding hydrogens is 496 g/mol. The van der Waals surface area contributed by atoms with Gasteiger partial charge in [-0.25, -0.2) is 0 Å². The molecule has 4 bridgehead atoms. The van der Waals surface area contributed by atoms with Gasteiger partial charge in [-0.05, 0) is 35.9 Å². The fourth-order valence-electron chi connectivity index (χ4n) is 3.97. The third-order valence-electron chi connectivity index (χ3n) is 5.78. The van der Waals surface area contributed by atoms with Crippen LogP contribution in [-0.2, 0) is 27.3 Å². The summed E-state index contributed by atoms with van der Waals surface area (Å²) >= 11 is 0. The van der Waals surface area contributed by atoms with Crippen molar-refractivity contribution in [1.29, 1.82) is 0 Å². The third-order valence-corrected chi connectivity index (χ3v) is 5.78. The van der Waals surface area contributed by atoms with Gasteiger partial charge in [-0.2, -0.15) is 0 Å². The molecule has 2 aromatic carbocycles. The Labute approximate surface area is 217 Å². The van der Waals surface area contributed by atoms with E-state index >= 15 is 0 Å². The zero-order valence-electron chi connectivity index (χ0n) is 20.5. The van der Waals surface area contributed by atoms with Gasteiger partial charge < -0.3 is 29.4 Å². The van der Waals surface area contributed by atoms with Crippen LogP contribution in [0.1, 0.15) is 21.7 Å². The maximum atomic E-state index is 13.5. The molecule has 1 atom stereocenters. The Morgan fingerprint density at radius 2 is 2.05 bits per heavy atom. The third kappa shape index (κ3) is 6.53. The van der Waals surface area contributed by atoms with E-state index in [1.54, 1.807) is 36.4 Å². The van der Waals surface area contributed by atoms with Gasteiger partial charge in [0.15, 0.2) is 0 Å². The molecule has 0 radical (unpaired) electrons. The number of ether oxygens (including phenoxy) is 2. The zero-order valence-corrected chi connectivity index (χ0v) is 20.5. The second-order valence-electron chi connectivity index (χ2n) is 8.54. The van der Waals surface area contributed by atoms with Crippen LogP contribution in [0.3, 0.4) is 0 Å². The summed E-state index contributed by atoms with van der Waals surface area (Å²) in [6.07, 6.45) is 1.55. The summed E-state index contributed by atoms with van der Waals surface area (Å²) in [5.74, 6) is -1.02. The standard InChI is InChI=1S/C26H26N4O8/c1-36-11-9-27-25(32)21-13-17-4-2-5-19(12-17)38-23-14-18(7-8-22(23)30(34)35)26(33)29(16-24(31)28-21)15-20-6-3-10-37-20/h2-8,10,12,14,21H,9,11,13,15-16H2,1H3,(H,27,32)(H,28,31). The first-order valence-electron chi connectivity index (χ1n) is 11.8. The number of hydrogen-bond donors (Lipinski definition) is 2. The molecule has 3 amide bonds. The second-order valence-corrected chi connectivity index (χ2v) is 8.54. The minimum absolute atomic E-state index is 0.0455. The Bertz CT molecular complexity index is 1320. The molecule has 2 N–H and O–H groups in total. The summed E-state index contributed by atoms with van der Waals surface area (Å²) in [7, 11) is 1.51. The monoisotopic (exact) mass is 522 g/mol. The summed E-state index contributed by atoms with van der Waals surface area (Å²) in [6, 6.07) is 12.7. The molecule has 3 aromatic rings. The number of methoxy groups -OCH3 is 1. The normalized spacial score (nSPS) is 15.7. The minimum Gasteiger partial charge on any atom is -0.467 e. The van der Waals surface area contributed by atoms with Gasteiger partial charge in [0.25, 0.3) is 5.91 Å². The van der Waals surface area contributed by atoms with Gasteiger partial charge in [0.2, 0.25) is 17.6 Å². The summed E-state index contributed by atoms with van der Waals surface area (Å²) < 4.78 is 16.2. The van der Waals surface area contributed by atoms with E-state index in [2.05, 4.69) is 10.6 Å². The Hall–Kier alpha value is -4.71. The maximum Gasteiger partial charge on any atom is 0.311 e.